The van der Waals surface area contributed by atoms with Crippen molar-refractivity contribution in [3.63, 3.8) is 0 Å². The third-order valence-electron chi connectivity index (χ3n) is 7.92. The molecule has 2 fully saturated rings. The number of piperidine rings is 1. The van der Waals surface area contributed by atoms with Gasteiger partial charge < -0.3 is 25.3 Å². The van der Waals surface area contributed by atoms with Crippen LogP contribution in [0.25, 0.3) is 0 Å². The van der Waals surface area contributed by atoms with Crippen molar-refractivity contribution in [3.8, 4) is 0 Å². The summed E-state index contributed by atoms with van der Waals surface area (Å²) in [6, 6.07) is 5.46. The maximum atomic E-state index is 14.8. The van der Waals surface area contributed by atoms with Crippen LogP contribution in [0.3, 0.4) is 0 Å². The Balaban J connectivity index is 1.36. The average molecular weight is 528 g/mol. The molecule has 1 saturated carbocycles. The summed E-state index contributed by atoms with van der Waals surface area (Å²) in [4.78, 5) is 39.1. The Kier molecular flexibility index (Phi) is 7.21. The topological polar surface area (TPSA) is 93.7 Å². The fourth-order valence-electron chi connectivity index (χ4n) is 5.65. The summed E-state index contributed by atoms with van der Waals surface area (Å²) in [5.74, 6) is -4.31. The molecule has 9 nitrogen and oxygen atoms in total. The van der Waals surface area contributed by atoms with Gasteiger partial charge in [-0.15, -0.1) is 0 Å². The lowest BCUT2D eigenvalue weighted by Crippen LogP contribution is -2.48. The summed E-state index contributed by atoms with van der Waals surface area (Å²) in [7, 11) is 3.42. The highest BCUT2D eigenvalue weighted by Crippen LogP contribution is 2.39. The van der Waals surface area contributed by atoms with E-state index in [4.69, 9.17) is 0 Å². The summed E-state index contributed by atoms with van der Waals surface area (Å²) in [6.45, 7) is 3.10. The van der Waals surface area contributed by atoms with Crippen LogP contribution in [0.2, 0.25) is 0 Å². The maximum Gasteiger partial charge on any atom is 0.342 e. The fraction of sp³-hybridized carbons (Fsp3) is 0.556. The van der Waals surface area contributed by atoms with Crippen LogP contribution in [0, 0.1) is 6.92 Å². The highest BCUT2D eigenvalue weighted by Gasteiger charge is 2.48. The number of anilines is 4. The van der Waals surface area contributed by atoms with E-state index in [0.29, 0.717) is 17.1 Å². The number of rotatable bonds is 5. The van der Waals surface area contributed by atoms with E-state index in [-0.39, 0.29) is 29.6 Å². The number of nitrogens with zero attached hydrogens (tertiary/aromatic N) is 5. The molecule has 2 amide bonds. The largest absolute Gasteiger partial charge is 0.349 e. The predicted molar refractivity (Wildman–Crippen MR) is 142 cm³/mol. The molecular formula is C27H35F2N7O2. The van der Waals surface area contributed by atoms with E-state index in [1.807, 2.05) is 13.0 Å². The summed E-state index contributed by atoms with van der Waals surface area (Å²) >= 11 is 0. The Hall–Kier alpha value is -3.34. The summed E-state index contributed by atoms with van der Waals surface area (Å²) in [5.41, 5.74) is 2.34. The van der Waals surface area contributed by atoms with Gasteiger partial charge in [0.15, 0.2) is 5.82 Å². The van der Waals surface area contributed by atoms with Crippen LogP contribution in [0.1, 0.15) is 54.4 Å². The maximum absolute atomic E-state index is 14.8. The van der Waals surface area contributed by atoms with E-state index < -0.39 is 18.4 Å². The number of benzene rings is 1. The Morgan fingerprint density at radius 3 is 2.50 bits per heavy atom. The number of aryl methyl sites for hydroxylation is 1. The number of amides is 2. The van der Waals surface area contributed by atoms with Crippen LogP contribution in [0.5, 0.6) is 0 Å². The van der Waals surface area contributed by atoms with Crippen LogP contribution in [0.15, 0.2) is 24.4 Å². The van der Waals surface area contributed by atoms with Crippen LogP contribution < -0.4 is 20.4 Å². The number of carbonyl (C=O) groups is 2. The highest BCUT2D eigenvalue weighted by molar-refractivity contribution is 6.02. The van der Waals surface area contributed by atoms with Crippen molar-refractivity contribution < 1.29 is 18.4 Å². The Labute approximate surface area is 221 Å². The van der Waals surface area contributed by atoms with E-state index in [9.17, 15) is 18.4 Å². The molecule has 204 valence electrons. The normalized spacial score (nSPS) is 20.8. The van der Waals surface area contributed by atoms with Crippen LogP contribution in [0.4, 0.5) is 31.9 Å². The minimum Gasteiger partial charge on any atom is -0.349 e. The van der Waals surface area contributed by atoms with Crippen LogP contribution in [-0.4, -0.2) is 78.4 Å². The number of fused-ring (bicyclic) bond motifs is 1. The second-order valence-electron chi connectivity index (χ2n) is 10.7. The molecule has 1 aromatic heterocycles. The molecule has 1 aromatic carbocycles. The van der Waals surface area contributed by atoms with E-state index in [2.05, 4.69) is 32.5 Å². The number of nitrogens with one attached hydrogen (secondary N) is 2. The number of aromatic nitrogens is 2. The van der Waals surface area contributed by atoms with Gasteiger partial charge in [0.2, 0.25) is 5.95 Å². The van der Waals surface area contributed by atoms with Crippen molar-refractivity contribution >= 4 is 35.0 Å². The lowest BCUT2D eigenvalue weighted by atomic mass is 10.0. The van der Waals surface area contributed by atoms with Gasteiger partial charge in [-0.2, -0.15) is 13.8 Å². The zero-order chi connectivity index (χ0) is 27.0. The fourth-order valence-corrected chi connectivity index (χ4v) is 5.65. The molecule has 0 bridgehead atoms. The quantitative estimate of drug-likeness (QED) is 0.612. The number of hydrogen-bond donors (Lipinski definition) is 2. The first-order valence-electron chi connectivity index (χ1n) is 13.3. The molecule has 0 unspecified atom stereocenters. The number of alkyl halides is 2. The number of halogens is 2. The first-order valence-corrected chi connectivity index (χ1v) is 13.3. The molecule has 2 N–H and O–H groups in total. The molecule has 2 aliphatic heterocycles. The number of likely N-dealkylation sites (tertiary alicyclic amines) is 1. The minimum absolute atomic E-state index is 0.0919. The molecule has 5 rings (SSSR count). The third kappa shape index (κ3) is 5.29. The second-order valence-corrected chi connectivity index (χ2v) is 10.7. The molecule has 1 saturated heterocycles. The van der Waals surface area contributed by atoms with E-state index in [1.54, 1.807) is 17.0 Å². The van der Waals surface area contributed by atoms with Crippen LogP contribution in [-0.2, 0) is 4.79 Å². The predicted octanol–water partition coefficient (Wildman–Crippen LogP) is 3.71. The van der Waals surface area contributed by atoms with Crippen molar-refractivity contribution in [2.24, 2.45) is 0 Å². The third-order valence-corrected chi connectivity index (χ3v) is 7.92. The van der Waals surface area contributed by atoms with Gasteiger partial charge in [-0.1, -0.05) is 12.8 Å². The van der Waals surface area contributed by atoms with Crippen molar-refractivity contribution in [3.05, 3.63) is 35.5 Å². The minimum atomic E-state index is -3.52. The first-order chi connectivity index (χ1) is 18.1. The standard InChI is InChI=1S/C27H35F2N7O2/c1-17-14-19(8-9-21(17)24(37)31-18-10-12-34(2)13-11-18)32-26-30-15-22-23(33-26)36(20-6-4-5-7-20)16-27(28,29)25(38)35(22)3/h8-9,14-15,18,20H,4-7,10-13,16H2,1-3H3,(H,31,37)(H,30,32,33). The van der Waals surface area contributed by atoms with Crippen molar-refractivity contribution in [1.29, 1.82) is 0 Å². The molecule has 38 heavy (non-hydrogen) atoms. The Morgan fingerprint density at radius 2 is 1.82 bits per heavy atom. The lowest BCUT2D eigenvalue weighted by Gasteiger charge is -2.31. The zero-order valence-corrected chi connectivity index (χ0v) is 22.1. The highest BCUT2D eigenvalue weighted by atomic mass is 19.3. The molecule has 11 heteroatoms. The van der Waals surface area contributed by atoms with Crippen LogP contribution >= 0.6 is 0 Å². The summed E-state index contributed by atoms with van der Waals surface area (Å²) in [6.07, 6.45) is 6.75. The van der Waals surface area contributed by atoms with Crippen molar-refractivity contribution in [2.45, 2.75) is 63.5 Å². The lowest BCUT2D eigenvalue weighted by molar-refractivity contribution is -0.140. The van der Waals surface area contributed by atoms with Crippen molar-refractivity contribution in [1.82, 2.24) is 20.2 Å². The van der Waals surface area contributed by atoms with E-state index in [1.165, 1.54) is 13.2 Å². The molecule has 3 aliphatic rings. The number of hydrogen-bond acceptors (Lipinski definition) is 7. The second kappa shape index (κ2) is 10.4. The molecule has 0 spiro atoms. The van der Waals surface area contributed by atoms with Crippen molar-refractivity contribution in [2.75, 3.05) is 48.8 Å². The van der Waals surface area contributed by atoms with E-state index in [0.717, 1.165) is 62.1 Å². The molecular weight excluding hydrogens is 492 g/mol. The van der Waals surface area contributed by atoms with Gasteiger partial charge >= 0.3 is 5.92 Å². The molecule has 0 atom stereocenters. The van der Waals surface area contributed by atoms with E-state index >= 15 is 0 Å². The summed E-state index contributed by atoms with van der Waals surface area (Å²) < 4.78 is 29.6. The smallest absolute Gasteiger partial charge is 0.342 e. The zero-order valence-electron chi connectivity index (χ0n) is 22.1. The van der Waals surface area contributed by atoms with Gasteiger partial charge in [0, 0.05) is 30.4 Å². The molecule has 3 heterocycles. The Bertz CT molecular complexity index is 1210. The van der Waals surface area contributed by atoms with Gasteiger partial charge in [0.25, 0.3) is 11.8 Å². The SMILES string of the molecule is Cc1cc(Nc2ncc3c(n2)N(C2CCCC2)CC(F)(F)C(=O)N3C)ccc1C(=O)NC1CCN(C)CC1. The summed E-state index contributed by atoms with van der Waals surface area (Å²) in [5, 5.41) is 6.29. The monoisotopic (exact) mass is 527 g/mol. The average Bonchev–Trinajstić information content (AvgIpc) is 3.40. The van der Waals surface area contributed by atoms with Gasteiger partial charge in [-0.25, -0.2) is 4.98 Å². The van der Waals surface area contributed by atoms with Gasteiger partial charge in [-0.3, -0.25) is 9.59 Å². The Morgan fingerprint density at radius 1 is 1.11 bits per heavy atom. The van der Waals surface area contributed by atoms with Gasteiger partial charge in [-0.05, 0) is 76.5 Å². The van der Waals surface area contributed by atoms with Gasteiger partial charge in [0.1, 0.15) is 5.69 Å². The molecule has 2 aromatic rings. The first kappa shape index (κ1) is 26.3. The molecule has 0 radical (unpaired) electrons. The number of carbonyl (C=O) groups excluding carboxylic acids is 2. The molecule has 1 aliphatic carbocycles. The van der Waals surface area contributed by atoms with Gasteiger partial charge in [0.05, 0.1) is 12.7 Å².